The Morgan fingerprint density at radius 2 is 1.16 bits per heavy atom. The smallest absolute Gasteiger partial charge is 0.0466 e. The third-order valence-electron chi connectivity index (χ3n) is 9.39. The second-order valence-corrected chi connectivity index (χ2v) is 12.5. The van der Waals surface area contributed by atoms with Crippen molar-refractivity contribution in [3.8, 4) is 0 Å². The molecule has 192 valence electrons. The van der Waals surface area contributed by atoms with Gasteiger partial charge in [-0.25, -0.2) is 0 Å². The summed E-state index contributed by atoms with van der Waals surface area (Å²) in [5, 5.41) is 0. The molecule has 1 rings (SSSR count). The summed E-state index contributed by atoms with van der Waals surface area (Å²) >= 11 is 0. The van der Waals surface area contributed by atoms with E-state index in [0.29, 0.717) is 10.8 Å². The van der Waals surface area contributed by atoms with Crippen LogP contribution in [-0.4, -0.2) is 13.2 Å². The molecule has 1 aliphatic carbocycles. The number of unbranched alkanes of at least 4 members (excludes halogenated alkanes) is 9. The van der Waals surface area contributed by atoms with Crippen LogP contribution < -0.4 is 0 Å². The van der Waals surface area contributed by atoms with Crippen LogP contribution in [0, 0.1) is 28.6 Å². The lowest BCUT2D eigenvalue weighted by Crippen LogP contribution is -2.39. The van der Waals surface area contributed by atoms with E-state index in [-0.39, 0.29) is 0 Å². The van der Waals surface area contributed by atoms with Gasteiger partial charge in [0.15, 0.2) is 0 Å². The number of hydrogen-bond donors (Lipinski definition) is 0. The summed E-state index contributed by atoms with van der Waals surface area (Å²) in [6.45, 7) is 19.1. The molecule has 0 aliphatic heterocycles. The molecule has 1 saturated carbocycles. The van der Waals surface area contributed by atoms with Crippen molar-refractivity contribution >= 4 is 0 Å². The molecule has 0 aromatic carbocycles. The first-order valence-corrected chi connectivity index (χ1v) is 14.9. The van der Waals surface area contributed by atoms with Crippen LogP contribution in [-0.2, 0) is 4.74 Å². The van der Waals surface area contributed by atoms with Gasteiger partial charge in [-0.05, 0) is 60.7 Å². The fraction of sp³-hybridized carbons (Fsp3) is 1.00. The molecule has 0 aromatic rings. The van der Waals surface area contributed by atoms with Crippen molar-refractivity contribution in [1.29, 1.82) is 0 Å². The predicted molar refractivity (Wildman–Crippen MR) is 144 cm³/mol. The second-order valence-electron chi connectivity index (χ2n) is 12.5. The molecule has 1 heteroatoms. The first-order chi connectivity index (χ1) is 15.3. The fourth-order valence-corrected chi connectivity index (χ4v) is 6.07. The van der Waals surface area contributed by atoms with Crippen LogP contribution in [0.2, 0.25) is 0 Å². The topological polar surface area (TPSA) is 9.23 Å². The maximum atomic E-state index is 5.57. The van der Waals surface area contributed by atoms with Crippen molar-refractivity contribution in [1.82, 2.24) is 0 Å². The van der Waals surface area contributed by atoms with E-state index in [9.17, 15) is 0 Å². The molecule has 1 aliphatic rings. The maximum absolute atomic E-state index is 5.57. The molecule has 0 aromatic heterocycles. The van der Waals surface area contributed by atoms with E-state index in [4.69, 9.17) is 4.74 Å². The highest BCUT2D eigenvalue weighted by Crippen LogP contribution is 2.52. The average molecular weight is 451 g/mol. The lowest BCUT2D eigenvalue weighted by Gasteiger charge is -2.49. The summed E-state index contributed by atoms with van der Waals surface area (Å²) in [5.41, 5.74) is 1.03. The summed E-state index contributed by atoms with van der Waals surface area (Å²) in [5.74, 6) is 2.85. The molecule has 1 nitrogen and oxygen atoms in total. The molecule has 3 atom stereocenters. The molecule has 0 N–H and O–H groups in total. The molecule has 0 radical (unpaired) electrons. The highest BCUT2D eigenvalue weighted by Gasteiger charge is 2.42. The Balaban J connectivity index is 2.18. The lowest BCUT2D eigenvalue weighted by atomic mass is 9.57. The fourth-order valence-electron chi connectivity index (χ4n) is 6.07. The van der Waals surface area contributed by atoms with Gasteiger partial charge in [-0.15, -0.1) is 0 Å². The molecule has 32 heavy (non-hydrogen) atoms. The Labute approximate surface area is 204 Å². The van der Waals surface area contributed by atoms with Gasteiger partial charge in [-0.1, -0.05) is 126 Å². The van der Waals surface area contributed by atoms with Crippen molar-refractivity contribution in [2.24, 2.45) is 28.6 Å². The first-order valence-electron chi connectivity index (χ1n) is 14.9. The van der Waals surface area contributed by atoms with E-state index in [0.717, 1.165) is 37.4 Å². The summed E-state index contributed by atoms with van der Waals surface area (Å²) in [6.07, 6.45) is 24.0. The standard InChI is InChI=1S/C31H62O/c1-8-24-32-25-20-18-16-14-12-11-13-15-17-19-21-27-22-23-28(30(4,5)9-2)26-29(27)31(6,7)10-3/h27-29H,8-26H2,1-7H3. The van der Waals surface area contributed by atoms with Gasteiger partial charge in [-0.3, -0.25) is 0 Å². The normalized spacial score (nSPS) is 22.4. The van der Waals surface area contributed by atoms with Gasteiger partial charge in [0, 0.05) is 13.2 Å². The zero-order valence-corrected chi connectivity index (χ0v) is 23.6. The Morgan fingerprint density at radius 1 is 0.625 bits per heavy atom. The predicted octanol–water partition coefficient (Wildman–Crippen LogP) is 10.6. The van der Waals surface area contributed by atoms with E-state index in [1.807, 2.05) is 0 Å². The number of ether oxygens (including phenoxy) is 1. The first kappa shape index (κ1) is 30.0. The quantitative estimate of drug-likeness (QED) is 0.178. The molecular formula is C31H62O. The molecule has 0 spiro atoms. The zero-order chi connectivity index (χ0) is 23.9. The Hall–Kier alpha value is -0.0400. The molecular weight excluding hydrogens is 388 g/mol. The van der Waals surface area contributed by atoms with Crippen molar-refractivity contribution in [3.63, 3.8) is 0 Å². The van der Waals surface area contributed by atoms with Crippen LogP contribution >= 0.6 is 0 Å². The van der Waals surface area contributed by atoms with E-state index in [1.165, 1.54) is 103 Å². The van der Waals surface area contributed by atoms with Gasteiger partial charge in [0.2, 0.25) is 0 Å². The van der Waals surface area contributed by atoms with Crippen LogP contribution in [0.5, 0.6) is 0 Å². The van der Waals surface area contributed by atoms with Gasteiger partial charge in [0.1, 0.15) is 0 Å². The van der Waals surface area contributed by atoms with E-state index < -0.39 is 0 Å². The monoisotopic (exact) mass is 450 g/mol. The van der Waals surface area contributed by atoms with Gasteiger partial charge < -0.3 is 4.74 Å². The van der Waals surface area contributed by atoms with E-state index >= 15 is 0 Å². The van der Waals surface area contributed by atoms with Crippen LogP contribution in [0.1, 0.15) is 158 Å². The summed E-state index contributed by atoms with van der Waals surface area (Å²) in [6, 6.07) is 0. The van der Waals surface area contributed by atoms with Gasteiger partial charge in [-0.2, -0.15) is 0 Å². The van der Waals surface area contributed by atoms with Crippen LogP contribution in [0.4, 0.5) is 0 Å². The molecule has 0 saturated heterocycles. The zero-order valence-electron chi connectivity index (χ0n) is 23.6. The van der Waals surface area contributed by atoms with Crippen molar-refractivity contribution in [3.05, 3.63) is 0 Å². The number of rotatable bonds is 19. The summed E-state index contributed by atoms with van der Waals surface area (Å²) in [7, 11) is 0. The maximum Gasteiger partial charge on any atom is 0.0466 e. The van der Waals surface area contributed by atoms with Crippen LogP contribution in [0.3, 0.4) is 0 Å². The SMILES string of the molecule is CCCOCCCCCCCCCCCCC1CCC(C(C)(C)CC)CC1C(C)(C)CC. The van der Waals surface area contributed by atoms with Crippen molar-refractivity contribution in [2.75, 3.05) is 13.2 Å². The van der Waals surface area contributed by atoms with Gasteiger partial charge in [0.25, 0.3) is 0 Å². The largest absolute Gasteiger partial charge is 0.381 e. The Morgan fingerprint density at radius 3 is 1.69 bits per heavy atom. The summed E-state index contributed by atoms with van der Waals surface area (Å²) < 4.78 is 5.57. The van der Waals surface area contributed by atoms with E-state index in [1.54, 1.807) is 0 Å². The molecule has 0 heterocycles. The van der Waals surface area contributed by atoms with Crippen molar-refractivity contribution < 1.29 is 4.74 Å². The Kier molecular flexibility index (Phi) is 15.5. The van der Waals surface area contributed by atoms with Crippen LogP contribution in [0.15, 0.2) is 0 Å². The summed E-state index contributed by atoms with van der Waals surface area (Å²) in [4.78, 5) is 0. The number of hydrogen-bond acceptors (Lipinski definition) is 1. The highest BCUT2D eigenvalue weighted by atomic mass is 16.5. The average Bonchev–Trinajstić information content (AvgIpc) is 2.79. The lowest BCUT2D eigenvalue weighted by molar-refractivity contribution is 0.0133. The minimum absolute atomic E-state index is 0.509. The molecule has 0 bridgehead atoms. The molecule has 0 amide bonds. The minimum atomic E-state index is 0.509. The molecule has 3 unspecified atom stereocenters. The third-order valence-corrected chi connectivity index (χ3v) is 9.39. The Bertz CT molecular complexity index is 438. The molecule has 1 fully saturated rings. The third kappa shape index (κ3) is 11.4. The van der Waals surface area contributed by atoms with Gasteiger partial charge in [0.05, 0.1) is 0 Å². The van der Waals surface area contributed by atoms with Crippen molar-refractivity contribution in [2.45, 2.75) is 158 Å². The second kappa shape index (κ2) is 16.6. The van der Waals surface area contributed by atoms with Gasteiger partial charge >= 0.3 is 0 Å². The van der Waals surface area contributed by atoms with E-state index in [2.05, 4.69) is 48.5 Å². The minimum Gasteiger partial charge on any atom is -0.381 e. The highest BCUT2D eigenvalue weighted by molar-refractivity contribution is 4.92. The van der Waals surface area contributed by atoms with Crippen LogP contribution in [0.25, 0.3) is 0 Å².